The zero-order valence-corrected chi connectivity index (χ0v) is 17.9. The third-order valence-electron chi connectivity index (χ3n) is 5.73. The Labute approximate surface area is 177 Å². The smallest absolute Gasteiger partial charge is 0.236 e. The van der Waals surface area contributed by atoms with E-state index in [-0.39, 0.29) is 28.1 Å². The molecule has 1 saturated heterocycles. The molecular formula is C20H22ClNO6S. The van der Waals surface area contributed by atoms with E-state index in [1.807, 2.05) is 0 Å². The third-order valence-corrected chi connectivity index (χ3v) is 7.26. The summed E-state index contributed by atoms with van der Waals surface area (Å²) < 4.78 is 16.6. The van der Waals surface area contributed by atoms with Crippen molar-refractivity contribution in [3.8, 4) is 17.2 Å². The number of aliphatic hydroxyl groups excluding tert-OH is 1. The van der Waals surface area contributed by atoms with Crippen molar-refractivity contribution in [2.45, 2.75) is 31.1 Å². The van der Waals surface area contributed by atoms with Crippen LogP contribution in [0.2, 0.25) is 5.02 Å². The lowest BCUT2D eigenvalue weighted by Gasteiger charge is -2.36. The highest BCUT2D eigenvalue weighted by molar-refractivity contribution is 7.99. The van der Waals surface area contributed by atoms with Crippen LogP contribution in [0, 0.1) is 5.92 Å². The number of aliphatic hydroxyl groups is 1. The van der Waals surface area contributed by atoms with Gasteiger partial charge in [-0.05, 0) is 6.42 Å². The fourth-order valence-corrected chi connectivity index (χ4v) is 5.58. The highest BCUT2D eigenvalue weighted by atomic mass is 35.5. The van der Waals surface area contributed by atoms with E-state index in [0.717, 1.165) is 5.75 Å². The third kappa shape index (κ3) is 3.00. The van der Waals surface area contributed by atoms with E-state index < -0.39 is 29.2 Å². The minimum atomic E-state index is -1.68. The quantitative estimate of drug-likeness (QED) is 0.690. The van der Waals surface area contributed by atoms with E-state index in [1.54, 1.807) is 18.7 Å². The Hall–Kier alpha value is -1.90. The Balaban J connectivity index is 1.71. The predicted molar refractivity (Wildman–Crippen MR) is 109 cm³/mol. The number of hydrogen-bond acceptors (Lipinski definition) is 8. The number of methoxy groups -OCH3 is 2. The Kier molecular flexibility index (Phi) is 5.21. The molecule has 2 heterocycles. The van der Waals surface area contributed by atoms with Gasteiger partial charge < -0.3 is 24.6 Å². The number of fused-ring (bicyclic) bond motifs is 1. The molecule has 4 atom stereocenters. The molecule has 4 rings (SSSR count). The van der Waals surface area contributed by atoms with Crippen molar-refractivity contribution in [1.82, 2.24) is 5.32 Å². The van der Waals surface area contributed by atoms with Crippen LogP contribution in [0.1, 0.15) is 23.7 Å². The van der Waals surface area contributed by atoms with E-state index >= 15 is 0 Å². The molecule has 1 aliphatic carbocycles. The number of ether oxygens (including phenoxy) is 3. The van der Waals surface area contributed by atoms with Crippen molar-refractivity contribution < 1.29 is 28.9 Å². The molecule has 0 aromatic heterocycles. The van der Waals surface area contributed by atoms with Crippen LogP contribution in [-0.4, -0.2) is 60.1 Å². The molecule has 1 aromatic carbocycles. The number of hydrogen-bond donors (Lipinski definition) is 2. The van der Waals surface area contributed by atoms with Gasteiger partial charge in [0.2, 0.25) is 17.2 Å². The summed E-state index contributed by atoms with van der Waals surface area (Å²) in [5.41, 5.74) is -0.826. The van der Waals surface area contributed by atoms with Crippen LogP contribution in [0.15, 0.2) is 17.8 Å². The van der Waals surface area contributed by atoms with Gasteiger partial charge in [0.15, 0.2) is 5.75 Å². The van der Waals surface area contributed by atoms with E-state index in [4.69, 9.17) is 25.8 Å². The first-order chi connectivity index (χ1) is 13.8. The molecule has 0 unspecified atom stereocenters. The fraction of sp³-hybridized carbons (Fsp3) is 0.500. The molecule has 2 N–H and O–H groups in total. The lowest BCUT2D eigenvalue weighted by molar-refractivity contribution is -0.129. The lowest BCUT2D eigenvalue weighted by Crippen LogP contribution is -2.56. The van der Waals surface area contributed by atoms with Crippen LogP contribution in [0.5, 0.6) is 17.2 Å². The standard InChI is InChI=1S/C20H22ClNO6S/c1-9-4-10(22-11-7-29-8-12(11)23)5-15(24)20(9)19(25)16-13(26-2)6-14(27-3)17(21)18(16)28-20/h5-6,9,11-12,22-23H,4,7-8H2,1-3H3/t9-,11-,12+,20+/m1/s1. The average molecular weight is 440 g/mol. The molecule has 9 heteroatoms. The molecule has 0 radical (unpaired) electrons. The van der Waals surface area contributed by atoms with Gasteiger partial charge >= 0.3 is 0 Å². The summed E-state index contributed by atoms with van der Waals surface area (Å²) in [6.45, 7) is 1.80. The van der Waals surface area contributed by atoms with Gasteiger partial charge in [-0.2, -0.15) is 11.8 Å². The van der Waals surface area contributed by atoms with Gasteiger partial charge in [0.25, 0.3) is 0 Å². The largest absolute Gasteiger partial charge is 0.496 e. The average Bonchev–Trinajstić information content (AvgIpc) is 3.23. The molecule has 0 bridgehead atoms. The van der Waals surface area contributed by atoms with Crippen molar-refractivity contribution in [3.63, 3.8) is 0 Å². The first-order valence-corrected chi connectivity index (χ1v) is 10.8. The van der Waals surface area contributed by atoms with Crippen LogP contribution in [0.25, 0.3) is 0 Å². The van der Waals surface area contributed by atoms with Gasteiger partial charge in [-0.25, -0.2) is 0 Å². The van der Waals surface area contributed by atoms with Gasteiger partial charge in [-0.15, -0.1) is 0 Å². The Bertz CT molecular complexity index is 919. The van der Waals surface area contributed by atoms with Crippen LogP contribution in [0.4, 0.5) is 0 Å². The summed E-state index contributed by atoms with van der Waals surface area (Å²) in [6.07, 6.45) is 1.37. The second-order valence-corrected chi connectivity index (χ2v) is 8.91. The number of rotatable bonds is 4. The monoisotopic (exact) mass is 439 g/mol. The zero-order valence-electron chi connectivity index (χ0n) is 16.3. The molecular weight excluding hydrogens is 418 g/mol. The minimum Gasteiger partial charge on any atom is -0.496 e. The Morgan fingerprint density at radius 1 is 1.28 bits per heavy atom. The second-order valence-electron chi connectivity index (χ2n) is 7.46. The highest BCUT2D eigenvalue weighted by Gasteiger charge is 2.60. The maximum absolute atomic E-state index is 13.4. The number of carbonyl (C=O) groups excluding carboxylic acids is 2. The zero-order chi connectivity index (χ0) is 20.9. The summed E-state index contributed by atoms with van der Waals surface area (Å²) in [4.78, 5) is 26.6. The molecule has 3 aliphatic rings. The Morgan fingerprint density at radius 2 is 2.00 bits per heavy atom. The number of benzene rings is 1. The summed E-state index contributed by atoms with van der Waals surface area (Å²) in [7, 11) is 2.88. The topological polar surface area (TPSA) is 94.1 Å². The minimum absolute atomic E-state index is 0.112. The van der Waals surface area contributed by atoms with Gasteiger partial charge in [0.1, 0.15) is 22.1 Å². The van der Waals surface area contributed by atoms with Crippen LogP contribution < -0.4 is 19.5 Å². The predicted octanol–water partition coefficient (Wildman–Crippen LogP) is 2.23. The van der Waals surface area contributed by atoms with Gasteiger partial charge in [-0.3, -0.25) is 9.59 Å². The SMILES string of the molecule is COc1cc(OC)c2c(c1Cl)O[C@@]1(C(=O)C=C(N[C@@H]3CSC[C@@H]3O)C[C@H]1C)C2=O. The highest BCUT2D eigenvalue weighted by Crippen LogP contribution is 2.52. The number of allylic oxidation sites excluding steroid dienone is 1. The van der Waals surface area contributed by atoms with Crippen LogP contribution in [-0.2, 0) is 4.79 Å². The summed E-state index contributed by atoms with van der Waals surface area (Å²) in [6, 6.07) is 1.40. The first kappa shape index (κ1) is 20.4. The number of carbonyl (C=O) groups is 2. The molecule has 1 spiro atoms. The molecule has 0 saturated carbocycles. The van der Waals surface area contributed by atoms with E-state index in [2.05, 4.69) is 5.32 Å². The molecule has 0 amide bonds. The van der Waals surface area contributed by atoms with Crippen molar-refractivity contribution in [1.29, 1.82) is 0 Å². The fourth-order valence-electron chi connectivity index (χ4n) is 4.15. The van der Waals surface area contributed by atoms with E-state index in [0.29, 0.717) is 23.6 Å². The van der Waals surface area contributed by atoms with Crippen LogP contribution in [0.3, 0.4) is 0 Å². The summed E-state index contributed by atoms with van der Waals surface area (Å²) in [5.74, 6) is 0.738. The number of ketones is 2. The van der Waals surface area contributed by atoms with Gasteiger partial charge in [0.05, 0.1) is 26.4 Å². The normalized spacial score (nSPS) is 30.8. The van der Waals surface area contributed by atoms with Crippen LogP contribution >= 0.6 is 23.4 Å². The number of halogens is 1. The van der Waals surface area contributed by atoms with Crippen molar-refractivity contribution in [2.24, 2.45) is 5.92 Å². The molecule has 2 aliphatic heterocycles. The maximum atomic E-state index is 13.4. The molecule has 29 heavy (non-hydrogen) atoms. The van der Waals surface area contributed by atoms with Gasteiger partial charge in [0, 0.05) is 35.3 Å². The number of Topliss-reactive ketones (excluding diaryl/α,β-unsaturated/α-hetero) is 1. The molecule has 156 valence electrons. The molecule has 7 nitrogen and oxygen atoms in total. The maximum Gasteiger partial charge on any atom is 0.236 e. The Morgan fingerprint density at radius 3 is 2.59 bits per heavy atom. The molecule has 1 fully saturated rings. The van der Waals surface area contributed by atoms with Crippen molar-refractivity contribution in [3.05, 3.63) is 28.4 Å². The lowest BCUT2D eigenvalue weighted by atomic mass is 9.74. The number of thioether (sulfide) groups is 1. The summed E-state index contributed by atoms with van der Waals surface area (Å²) in [5, 5.41) is 13.4. The summed E-state index contributed by atoms with van der Waals surface area (Å²) >= 11 is 8.03. The van der Waals surface area contributed by atoms with E-state index in [9.17, 15) is 14.7 Å². The van der Waals surface area contributed by atoms with E-state index in [1.165, 1.54) is 26.4 Å². The second kappa shape index (κ2) is 7.41. The van der Waals surface area contributed by atoms with Crippen molar-refractivity contribution in [2.75, 3.05) is 25.7 Å². The number of nitrogens with one attached hydrogen (secondary N) is 1. The first-order valence-electron chi connectivity index (χ1n) is 9.29. The van der Waals surface area contributed by atoms with Gasteiger partial charge in [-0.1, -0.05) is 18.5 Å². The molecule has 1 aromatic rings. The van der Waals surface area contributed by atoms with Crippen molar-refractivity contribution >= 4 is 34.9 Å².